The van der Waals surface area contributed by atoms with Gasteiger partial charge < -0.3 is 19.9 Å². The summed E-state index contributed by atoms with van der Waals surface area (Å²) in [5, 5.41) is 2.71. The van der Waals surface area contributed by atoms with Crippen molar-refractivity contribution in [3.05, 3.63) is 60.2 Å². The number of carbonyl (C=O) groups excluding carboxylic acids is 2. The van der Waals surface area contributed by atoms with Crippen molar-refractivity contribution >= 4 is 17.5 Å². The Labute approximate surface area is 159 Å². The van der Waals surface area contributed by atoms with Crippen molar-refractivity contribution in [2.24, 2.45) is 0 Å². The van der Waals surface area contributed by atoms with Gasteiger partial charge in [0.1, 0.15) is 5.75 Å². The average molecular weight is 367 g/mol. The molecule has 0 aliphatic carbocycles. The topological polar surface area (TPSA) is 61.9 Å². The quantitative estimate of drug-likeness (QED) is 0.850. The van der Waals surface area contributed by atoms with Gasteiger partial charge in [-0.15, -0.1) is 0 Å². The molecular weight excluding hydrogens is 342 g/mol. The number of para-hydroxylation sites is 1. The number of hydrogen-bond acceptors (Lipinski definition) is 4. The van der Waals surface area contributed by atoms with Crippen LogP contribution in [0.15, 0.2) is 54.6 Å². The lowest BCUT2D eigenvalue weighted by atomic mass is 10.2. The van der Waals surface area contributed by atoms with Gasteiger partial charge in [0.05, 0.1) is 13.2 Å². The van der Waals surface area contributed by atoms with E-state index in [-0.39, 0.29) is 18.4 Å². The summed E-state index contributed by atoms with van der Waals surface area (Å²) in [6, 6.07) is 17.1. The Morgan fingerprint density at radius 2 is 1.63 bits per heavy atom. The molecule has 0 saturated carbocycles. The molecule has 6 nitrogen and oxygen atoms in total. The van der Waals surface area contributed by atoms with E-state index in [1.165, 1.54) is 5.69 Å². The van der Waals surface area contributed by atoms with Crippen LogP contribution in [0.4, 0.5) is 5.69 Å². The van der Waals surface area contributed by atoms with Crippen LogP contribution in [0, 0.1) is 0 Å². The number of nitrogens with one attached hydrogen (secondary N) is 1. The Morgan fingerprint density at radius 3 is 2.26 bits per heavy atom. The van der Waals surface area contributed by atoms with Gasteiger partial charge in [-0.05, 0) is 43.3 Å². The second-order valence-electron chi connectivity index (χ2n) is 6.34. The molecule has 0 unspecified atom stereocenters. The van der Waals surface area contributed by atoms with E-state index >= 15 is 0 Å². The molecule has 1 heterocycles. The maximum atomic E-state index is 12.4. The standard InChI is InChI=1S/C21H25N3O3/c1-2-27-19-10-8-17(9-11-19)21(26)22-16-20(25)24-14-12-23(13-15-24)18-6-4-3-5-7-18/h3-11H,2,12-16H2,1H3,(H,22,26). The SMILES string of the molecule is CCOc1ccc(C(=O)NCC(=O)N2CCN(c3ccccc3)CC2)cc1. The summed E-state index contributed by atoms with van der Waals surface area (Å²) < 4.78 is 5.36. The van der Waals surface area contributed by atoms with Gasteiger partial charge in [0, 0.05) is 37.4 Å². The minimum absolute atomic E-state index is 0.0113. The number of rotatable bonds is 6. The number of carbonyl (C=O) groups is 2. The second kappa shape index (κ2) is 9.07. The summed E-state index contributed by atoms with van der Waals surface area (Å²) in [6.45, 7) is 5.41. The van der Waals surface area contributed by atoms with Crippen LogP contribution < -0.4 is 15.0 Å². The Morgan fingerprint density at radius 1 is 0.963 bits per heavy atom. The Bertz CT molecular complexity index is 754. The highest BCUT2D eigenvalue weighted by atomic mass is 16.5. The number of amides is 2. The molecular formula is C21H25N3O3. The van der Waals surface area contributed by atoms with E-state index in [4.69, 9.17) is 4.74 Å². The molecule has 1 aliphatic heterocycles. The molecule has 6 heteroatoms. The summed E-state index contributed by atoms with van der Waals surface area (Å²) in [7, 11) is 0. The van der Waals surface area contributed by atoms with Crippen molar-refractivity contribution in [3.8, 4) is 5.75 Å². The first-order chi connectivity index (χ1) is 13.2. The van der Waals surface area contributed by atoms with Crippen molar-refractivity contribution in [2.75, 3.05) is 44.2 Å². The smallest absolute Gasteiger partial charge is 0.251 e. The number of anilines is 1. The normalized spacial score (nSPS) is 14.0. The van der Waals surface area contributed by atoms with Crippen LogP contribution in [0.5, 0.6) is 5.75 Å². The van der Waals surface area contributed by atoms with Crippen LogP contribution in [0.3, 0.4) is 0 Å². The van der Waals surface area contributed by atoms with Crippen LogP contribution in [0.1, 0.15) is 17.3 Å². The van der Waals surface area contributed by atoms with Gasteiger partial charge in [0.15, 0.2) is 0 Å². The number of hydrogen-bond donors (Lipinski definition) is 1. The largest absolute Gasteiger partial charge is 0.494 e. The molecule has 27 heavy (non-hydrogen) atoms. The molecule has 1 aliphatic rings. The molecule has 3 rings (SSSR count). The maximum Gasteiger partial charge on any atom is 0.251 e. The molecule has 1 N–H and O–H groups in total. The van der Waals surface area contributed by atoms with E-state index in [9.17, 15) is 9.59 Å². The molecule has 1 fully saturated rings. The van der Waals surface area contributed by atoms with Crippen LogP contribution >= 0.6 is 0 Å². The summed E-state index contributed by atoms with van der Waals surface area (Å²) in [6.07, 6.45) is 0. The molecule has 2 aromatic carbocycles. The number of benzene rings is 2. The van der Waals surface area contributed by atoms with Gasteiger partial charge in [0.2, 0.25) is 5.91 Å². The molecule has 0 atom stereocenters. The second-order valence-corrected chi connectivity index (χ2v) is 6.34. The highest BCUT2D eigenvalue weighted by molar-refractivity contribution is 5.96. The van der Waals surface area contributed by atoms with E-state index in [0.29, 0.717) is 25.3 Å². The number of ether oxygens (including phenoxy) is 1. The minimum atomic E-state index is -0.255. The number of piperazine rings is 1. The van der Waals surface area contributed by atoms with Crippen molar-refractivity contribution in [1.29, 1.82) is 0 Å². The first kappa shape index (κ1) is 18.8. The Kier molecular flexibility index (Phi) is 6.30. The molecule has 0 aromatic heterocycles. The first-order valence-electron chi connectivity index (χ1n) is 9.26. The third-order valence-corrected chi connectivity index (χ3v) is 4.58. The zero-order chi connectivity index (χ0) is 19.1. The fourth-order valence-corrected chi connectivity index (χ4v) is 3.09. The summed E-state index contributed by atoms with van der Waals surface area (Å²) in [4.78, 5) is 28.7. The number of nitrogens with zero attached hydrogens (tertiary/aromatic N) is 2. The van der Waals surface area contributed by atoms with Crippen molar-refractivity contribution in [1.82, 2.24) is 10.2 Å². The van der Waals surface area contributed by atoms with E-state index in [1.807, 2.05) is 25.1 Å². The third-order valence-electron chi connectivity index (χ3n) is 4.58. The third kappa shape index (κ3) is 5.00. The maximum absolute atomic E-state index is 12.4. The van der Waals surface area contributed by atoms with Crippen LogP contribution in [-0.2, 0) is 4.79 Å². The monoisotopic (exact) mass is 367 g/mol. The lowest BCUT2D eigenvalue weighted by Gasteiger charge is -2.36. The molecule has 142 valence electrons. The van der Waals surface area contributed by atoms with Gasteiger partial charge in [-0.25, -0.2) is 0 Å². The molecule has 0 spiro atoms. The van der Waals surface area contributed by atoms with E-state index in [0.717, 1.165) is 18.8 Å². The van der Waals surface area contributed by atoms with Gasteiger partial charge in [-0.2, -0.15) is 0 Å². The van der Waals surface area contributed by atoms with Crippen molar-refractivity contribution in [2.45, 2.75) is 6.92 Å². The minimum Gasteiger partial charge on any atom is -0.494 e. The van der Waals surface area contributed by atoms with Gasteiger partial charge in [0.25, 0.3) is 5.91 Å². The molecule has 2 aromatic rings. The highest BCUT2D eigenvalue weighted by Gasteiger charge is 2.21. The Balaban J connectivity index is 1.45. The predicted molar refractivity (Wildman–Crippen MR) is 105 cm³/mol. The first-order valence-corrected chi connectivity index (χ1v) is 9.26. The van der Waals surface area contributed by atoms with Gasteiger partial charge in [-0.1, -0.05) is 18.2 Å². The van der Waals surface area contributed by atoms with Crippen LogP contribution in [-0.4, -0.2) is 56.0 Å². The molecule has 2 amide bonds. The summed E-state index contributed by atoms with van der Waals surface area (Å²) in [5.41, 5.74) is 1.69. The van der Waals surface area contributed by atoms with Crippen LogP contribution in [0.25, 0.3) is 0 Å². The van der Waals surface area contributed by atoms with Gasteiger partial charge in [-0.3, -0.25) is 9.59 Å². The lowest BCUT2D eigenvalue weighted by Crippen LogP contribution is -2.51. The summed E-state index contributed by atoms with van der Waals surface area (Å²) in [5.74, 6) is 0.415. The summed E-state index contributed by atoms with van der Waals surface area (Å²) >= 11 is 0. The highest BCUT2D eigenvalue weighted by Crippen LogP contribution is 2.15. The van der Waals surface area contributed by atoms with Crippen LogP contribution in [0.2, 0.25) is 0 Å². The zero-order valence-corrected chi connectivity index (χ0v) is 15.6. The molecule has 0 bridgehead atoms. The van der Waals surface area contributed by atoms with Crippen molar-refractivity contribution < 1.29 is 14.3 Å². The molecule has 1 saturated heterocycles. The van der Waals surface area contributed by atoms with E-state index in [1.54, 1.807) is 29.2 Å². The van der Waals surface area contributed by atoms with Crippen molar-refractivity contribution in [3.63, 3.8) is 0 Å². The fraction of sp³-hybridized carbons (Fsp3) is 0.333. The predicted octanol–water partition coefficient (Wildman–Crippen LogP) is 2.16. The molecule has 0 radical (unpaired) electrons. The van der Waals surface area contributed by atoms with E-state index in [2.05, 4.69) is 22.3 Å². The Hall–Kier alpha value is -3.02. The van der Waals surface area contributed by atoms with Gasteiger partial charge >= 0.3 is 0 Å². The lowest BCUT2D eigenvalue weighted by molar-refractivity contribution is -0.130. The van der Waals surface area contributed by atoms with E-state index < -0.39 is 0 Å². The average Bonchev–Trinajstić information content (AvgIpc) is 2.73. The fourth-order valence-electron chi connectivity index (χ4n) is 3.09. The zero-order valence-electron chi connectivity index (χ0n) is 15.6.